The van der Waals surface area contributed by atoms with Crippen LogP contribution in [0.4, 0.5) is 20.9 Å². The van der Waals surface area contributed by atoms with E-state index in [-0.39, 0.29) is 24.4 Å². The summed E-state index contributed by atoms with van der Waals surface area (Å²) >= 11 is 1.25. The number of carbonyl (C=O) groups is 2. The van der Waals surface area contributed by atoms with Gasteiger partial charge in [-0.1, -0.05) is 0 Å². The number of hydrogen-bond donors (Lipinski definition) is 2. The van der Waals surface area contributed by atoms with Crippen molar-refractivity contribution in [3.8, 4) is 0 Å². The third-order valence-corrected chi connectivity index (χ3v) is 3.37. The van der Waals surface area contributed by atoms with E-state index >= 15 is 0 Å². The quantitative estimate of drug-likeness (QED) is 0.620. The Labute approximate surface area is 133 Å². The van der Waals surface area contributed by atoms with E-state index in [1.807, 2.05) is 0 Å². The number of amides is 2. The van der Waals surface area contributed by atoms with Crippen molar-refractivity contribution in [3.05, 3.63) is 45.7 Å². The predicted molar refractivity (Wildman–Crippen MR) is 81.7 cm³/mol. The van der Waals surface area contributed by atoms with E-state index in [1.54, 1.807) is 5.38 Å². The Bertz CT molecular complexity index is 736. The lowest BCUT2D eigenvalue weighted by atomic mass is 10.2. The summed E-state index contributed by atoms with van der Waals surface area (Å²) in [5.74, 6) is -1.88. The molecule has 2 aromatic rings. The zero-order valence-corrected chi connectivity index (χ0v) is 12.4. The fourth-order valence-electron chi connectivity index (χ4n) is 1.65. The fraction of sp³-hybridized carbons (Fsp3) is 0.154. The Hall–Kier alpha value is -2.88. The zero-order chi connectivity index (χ0) is 16.8. The molecular weight excluding hydrogens is 327 g/mol. The summed E-state index contributed by atoms with van der Waals surface area (Å²) in [4.78, 5) is 36.9. The van der Waals surface area contributed by atoms with Gasteiger partial charge in [0, 0.05) is 36.2 Å². The van der Waals surface area contributed by atoms with Gasteiger partial charge in [0.25, 0.3) is 0 Å². The maximum atomic E-state index is 13.2. The van der Waals surface area contributed by atoms with Crippen molar-refractivity contribution in [1.82, 2.24) is 4.98 Å². The van der Waals surface area contributed by atoms with Crippen molar-refractivity contribution in [1.29, 1.82) is 0 Å². The molecule has 2 amide bonds. The molecule has 0 spiro atoms. The van der Waals surface area contributed by atoms with Gasteiger partial charge in [-0.15, -0.1) is 11.3 Å². The molecule has 0 unspecified atom stereocenters. The Morgan fingerprint density at radius 1 is 1.26 bits per heavy atom. The molecule has 1 heterocycles. The van der Waals surface area contributed by atoms with Gasteiger partial charge in [-0.3, -0.25) is 19.7 Å². The second kappa shape index (κ2) is 7.40. The van der Waals surface area contributed by atoms with Crippen LogP contribution >= 0.6 is 11.3 Å². The van der Waals surface area contributed by atoms with Gasteiger partial charge in [0.15, 0.2) is 5.13 Å². The molecule has 0 saturated heterocycles. The Morgan fingerprint density at radius 2 is 1.96 bits per heavy atom. The molecule has 0 saturated carbocycles. The van der Waals surface area contributed by atoms with Crippen LogP contribution < -0.4 is 10.6 Å². The molecule has 2 rings (SSSR count). The van der Waals surface area contributed by atoms with E-state index in [9.17, 15) is 24.1 Å². The molecule has 0 aliphatic heterocycles. The van der Waals surface area contributed by atoms with Gasteiger partial charge in [0.2, 0.25) is 17.6 Å². The number of carbonyl (C=O) groups excluding carboxylic acids is 2. The molecule has 23 heavy (non-hydrogen) atoms. The summed E-state index contributed by atoms with van der Waals surface area (Å²) in [7, 11) is 0. The highest BCUT2D eigenvalue weighted by atomic mass is 32.1. The fourth-order valence-corrected chi connectivity index (χ4v) is 2.19. The Morgan fingerprint density at radius 3 is 2.57 bits per heavy atom. The summed E-state index contributed by atoms with van der Waals surface area (Å²) in [5, 5.41) is 17.7. The minimum absolute atomic E-state index is 0.0747. The molecule has 10 heteroatoms. The Kier molecular flexibility index (Phi) is 5.31. The molecule has 8 nitrogen and oxygen atoms in total. The average Bonchev–Trinajstić information content (AvgIpc) is 3.00. The van der Waals surface area contributed by atoms with Crippen LogP contribution in [0.1, 0.15) is 12.8 Å². The SMILES string of the molecule is O=C(CCC(=O)Nc1nccs1)Nc1ccc(F)c([N+](=O)[O-])c1. The number of benzene rings is 1. The van der Waals surface area contributed by atoms with E-state index in [1.165, 1.54) is 23.6 Å². The number of rotatable bonds is 6. The summed E-state index contributed by atoms with van der Waals surface area (Å²) in [6.45, 7) is 0. The molecular formula is C13H11FN4O4S. The number of anilines is 2. The normalized spacial score (nSPS) is 10.1. The smallest absolute Gasteiger partial charge is 0.306 e. The standard InChI is InChI=1S/C13H11FN4O4S/c14-9-2-1-8(7-10(9)18(21)22)16-11(19)3-4-12(20)17-13-15-5-6-23-13/h1-2,5-7H,3-4H2,(H,16,19)(H,15,17,20). The van der Waals surface area contributed by atoms with Gasteiger partial charge in [-0.25, -0.2) is 4.98 Å². The van der Waals surface area contributed by atoms with Crippen molar-refractivity contribution in [2.45, 2.75) is 12.8 Å². The van der Waals surface area contributed by atoms with E-state index in [0.717, 1.165) is 12.1 Å². The van der Waals surface area contributed by atoms with Crippen molar-refractivity contribution >= 4 is 39.7 Å². The first kappa shape index (κ1) is 16.5. The van der Waals surface area contributed by atoms with Crippen LogP contribution in [0.15, 0.2) is 29.8 Å². The maximum absolute atomic E-state index is 13.2. The molecule has 0 bridgehead atoms. The summed E-state index contributed by atoms with van der Waals surface area (Å²) < 4.78 is 13.2. The van der Waals surface area contributed by atoms with Gasteiger partial charge in [-0.2, -0.15) is 4.39 Å². The number of aromatic nitrogens is 1. The number of nitrogens with zero attached hydrogens (tertiary/aromatic N) is 2. The van der Waals surface area contributed by atoms with Crippen LogP contribution in [0.25, 0.3) is 0 Å². The second-order valence-electron chi connectivity index (χ2n) is 4.36. The van der Waals surface area contributed by atoms with Gasteiger partial charge in [0.05, 0.1) is 4.92 Å². The average molecular weight is 338 g/mol. The third kappa shape index (κ3) is 4.81. The first-order valence-electron chi connectivity index (χ1n) is 6.39. The highest BCUT2D eigenvalue weighted by molar-refractivity contribution is 7.13. The van der Waals surface area contributed by atoms with Crippen molar-refractivity contribution in [3.63, 3.8) is 0 Å². The molecule has 1 aromatic heterocycles. The molecule has 0 radical (unpaired) electrons. The topological polar surface area (TPSA) is 114 Å². The predicted octanol–water partition coefficient (Wildman–Crippen LogP) is 2.55. The second-order valence-corrected chi connectivity index (χ2v) is 5.25. The maximum Gasteiger partial charge on any atom is 0.306 e. The minimum Gasteiger partial charge on any atom is -0.326 e. The Balaban J connectivity index is 1.86. The molecule has 1 aromatic carbocycles. The number of halogens is 1. The highest BCUT2D eigenvalue weighted by Crippen LogP contribution is 2.21. The van der Waals surface area contributed by atoms with E-state index < -0.39 is 22.3 Å². The van der Waals surface area contributed by atoms with Gasteiger partial charge in [0.1, 0.15) is 0 Å². The summed E-state index contributed by atoms with van der Waals surface area (Å²) in [6.07, 6.45) is 1.34. The number of nitro groups is 1. The van der Waals surface area contributed by atoms with Crippen LogP contribution in [0.5, 0.6) is 0 Å². The molecule has 0 aliphatic carbocycles. The van der Waals surface area contributed by atoms with Gasteiger partial charge in [-0.05, 0) is 12.1 Å². The van der Waals surface area contributed by atoms with Crippen LogP contribution in [-0.4, -0.2) is 21.7 Å². The van der Waals surface area contributed by atoms with E-state index in [0.29, 0.717) is 5.13 Å². The van der Waals surface area contributed by atoms with Crippen LogP contribution in [0.2, 0.25) is 0 Å². The molecule has 120 valence electrons. The summed E-state index contributed by atoms with van der Waals surface area (Å²) in [5.41, 5.74) is -0.646. The van der Waals surface area contributed by atoms with Gasteiger partial charge < -0.3 is 10.6 Å². The first-order chi connectivity index (χ1) is 11.0. The highest BCUT2D eigenvalue weighted by Gasteiger charge is 2.15. The lowest BCUT2D eigenvalue weighted by molar-refractivity contribution is -0.387. The minimum atomic E-state index is -0.990. The lowest BCUT2D eigenvalue weighted by Crippen LogP contribution is -2.17. The number of nitrogens with one attached hydrogen (secondary N) is 2. The monoisotopic (exact) mass is 338 g/mol. The first-order valence-corrected chi connectivity index (χ1v) is 7.27. The van der Waals surface area contributed by atoms with E-state index in [4.69, 9.17) is 0 Å². The van der Waals surface area contributed by atoms with Crippen LogP contribution in [-0.2, 0) is 9.59 Å². The third-order valence-electron chi connectivity index (χ3n) is 2.68. The lowest BCUT2D eigenvalue weighted by Gasteiger charge is -2.05. The number of hydrogen-bond acceptors (Lipinski definition) is 6. The number of thiazole rings is 1. The zero-order valence-electron chi connectivity index (χ0n) is 11.6. The van der Waals surface area contributed by atoms with Crippen LogP contribution in [0, 0.1) is 15.9 Å². The molecule has 0 atom stereocenters. The van der Waals surface area contributed by atoms with Crippen LogP contribution in [0.3, 0.4) is 0 Å². The van der Waals surface area contributed by atoms with Crippen molar-refractivity contribution in [2.75, 3.05) is 10.6 Å². The largest absolute Gasteiger partial charge is 0.326 e. The molecule has 0 aliphatic rings. The van der Waals surface area contributed by atoms with E-state index in [2.05, 4.69) is 15.6 Å². The van der Waals surface area contributed by atoms with Crippen molar-refractivity contribution < 1.29 is 18.9 Å². The summed E-state index contributed by atoms with van der Waals surface area (Å²) in [6, 6.07) is 3.02. The molecule has 2 N–H and O–H groups in total. The molecule has 0 fully saturated rings. The van der Waals surface area contributed by atoms with Gasteiger partial charge >= 0.3 is 5.69 Å². The number of nitro benzene ring substituents is 1. The van der Waals surface area contributed by atoms with Crippen molar-refractivity contribution in [2.24, 2.45) is 0 Å².